The Hall–Kier alpha value is 0.230. The molecule has 0 fully saturated rings. The van der Waals surface area contributed by atoms with Crippen LogP contribution in [0.5, 0.6) is 0 Å². The second-order valence-electron chi connectivity index (χ2n) is 3.02. The van der Waals surface area contributed by atoms with Crippen LogP contribution in [0.2, 0.25) is 5.15 Å². The maximum Gasteiger partial charge on any atom is 0.185 e. The molecule has 13 heavy (non-hydrogen) atoms. The van der Waals surface area contributed by atoms with Crippen molar-refractivity contribution in [3.8, 4) is 0 Å². The normalized spacial score (nSPS) is 10.7. The Balaban J connectivity index is 2.32. The number of halogens is 2. The molecule has 0 aliphatic rings. The Morgan fingerprint density at radius 2 is 2.15 bits per heavy atom. The van der Waals surface area contributed by atoms with Crippen LogP contribution in [0.4, 0.5) is 0 Å². The van der Waals surface area contributed by atoms with Crippen molar-refractivity contribution in [3.05, 3.63) is 14.5 Å². The van der Waals surface area contributed by atoms with Crippen LogP contribution in [0.15, 0.2) is 4.52 Å². The molecule has 0 N–H and O–H groups in total. The monoisotopic (exact) mass is 313 g/mol. The zero-order valence-electron chi connectivity index (χ0n) is 7.65. The number of aromatic nitrogens is 1. The summed E-state index contributed by atoms with van der Waals surface area (Å²) in [5.74, 6) is 0.932. The third-order valence-electron chi connectivity index (χ3n) is 1.92. The molecule has 1 heterocycles. The van der Waals surface area contributed by atoms with Crippen LogP contribution in [-0.2, 0) is 6.42 Å². The molecule has 1 rings (SSSR count). The Labute approximate surface area is 97.2 Å². The highest BCUT2D eigenvalue weighted by molar-refractivity contribution is 14.1. The molecule has 1 aromatic heterocycles. The van der Waals surface area contributed by atoms with Gasteiger partial charge >= 0.3 is 0 Å². The van der Waals surface area contributed by atoms with Crippen LogP contribution >= 0.6 is 34.2 Å². The van der Waals surface area contributed by atoms with E-state index in [1.807, 2.05) is 0 Å². The zero-order valence-corrected chi connectivity index (χ0v) is 10.6. The van der Waals surface area contributed by atoms with Crippen LogP contribution < -0.4 is 0 Å². The predicted molar refractivity (Wildman–Crippen MR) is 62.1 cm³/mol. The number of hydrogen-bond acceptors (Lipinski definition) is 2. The van der Waals surface area contributed by atoms with Gasteiger partial charge in [0.05, 0.1) is 3.57 Å². The summed E-state index contributed by atoms with van der Waals surface area (Å²) in [4.78, 5) is 0. The summed E-state index contributed by atoms with van der Waals surface area (Å²) in [6, 6.07) is 0. The van der Waals surface area contributed by atoms with Crippen LogP contribution in [-0.4, -0.2) is 5.16 Å². The van der Waals surface area contributed by atoms with E-state index in [2.05, 4.69) is 34.7 Å². The molecule has 0 aliphatic heterocycles. The zero-order chi connectivity index (χ0) is 9.68. The van der Waals surface area contributed by atoms with E-state index in [9.17, 15) is 0 Å². The summed E-state index contributed by atoms with van der Waals surface area (Å²) in [6.45, 7) is 2.20. The van der Waals surface area contributed by atoms with Crippen LogP contribution in [0.1, 0.15) is 38.4 Å². The first-order chi connectivity index (χ1) is 6.25. The van der Waals surface area contributed by atoms with E-state index in [1.54, 1.807) is 0 Å². The van der Waals surface area contributed by atoms with Gasteiger partial charge in [0.2, 0.25) is 0 Å². The molecular formula is C9H13ClINO. The first kappa shape index (κ1) is 11.3. The third-order valence-corrected chi connectivity index (χ3v) is 3.61. The summed E-state index contributed by atoms with van der Waals surface area (Å²) < 4.78 is 6.05. The van der Waals surface area contributed by atoms with Crippen molar-refractivity contribution in [2.75, 3.05) is 0 Å². The van der Waals surface area contributed by atoms with Gasteiger partial charge in [-0.15, -0.1) is 0 Å². The summed E-state index contributed by atoms with van der Waals surface area (Å²) >= 11 is 7.93. The molecule has 0 bridgehead atoms. The summed E-state index contributed by atoms with van der Waals surface area (Å²) in [7, 11) is 0. The van der Waals surface area contributed by atoms with Gasteiger partial charge in [0.25, 0.3) is 0 Å². The molecule has 0 saturated heterocycles. The summed E-state index contributed by atoms with van der Waals surface area (Å²) in [5.41, 5.74) is 0. The highest BCUT2D eigenvalue weighted by atomic mass is 127. The molecule has 4 heteroatoms. The molecule has 2 nitrogen and oxygen atoms in total. The van der Waals surface area contributed by atoms with E-state index in [-0.39, 0.29) is 0 Å². The minimum absolute atomic E-state index is 0.492. The minimum atomic E-state index is 0.492. The lowest BCUT2D eigenvalue weighted by atomic mass is 10.1. The first-order valence-corrected chi connectivity index (χ1v) is 6.01. The standard InChI is InChI=1S/C9H13ClINO/c1-2-3-4-5-6-7-8(11)9(10)12-13-7/h2-6H2,1H3. The average molecular weight is 314 g/mol. The lowest BCUT2D eigenvalue weighted by Gasteiger charge is -1.96. The molecular weight excluding hydrogens is 300 g/mol. The number of aryl methyl sites for hydroxylation is 1. The van der Waals surface area contributed by atoms with Gasteiger partial charge in [0.15, 0.2) is 10.9 Å². The number of nitrogens with zero attached hydrogens (tertiary/aromatic N) is 1. The Morgan fingerprint density at radius 1 is 1.38 bits per heavy atom. The maximum absolute atomic E-state index is 5.76. The summed E-state index contributed by atoms with van der Waals surface area (Å²) in [6.07, 6.45) is 5.92. The third kappa shape index (κ3) is 3.46. The SMILES string of the molecule is CCCCCCc1onc(Cl)c1I. The molecule has 74 valence electrons. The topological polar surface area (TPSA) is 26.0 Å². The highest BCUT2D eigenvalue weighted by Gasteiger charge is 2.10. The average Bonchev–Trinajstić information content (AvgIpc) is 2.43. The smallest absolute Gasteiger partial charge is 0.185 e. The highest BCUT2D eigenvalue weighted by Crippen LogP contribution is 2.22. The van der Waals surface area contributed by atoms with Gasteiger partial charge in [-0.2, -0.15) is 0 Å². The number of hydrogen-bond donors (Lipinski definition) is 0. The van der Waals surface area contributed by atoms with E-state index in [0.29, 0.717) is 5.15 Å². The predicted octanol–water partition coefficient (Wildman–Crippen LogP) is 4.06. The molecule has 0 spiro atoms. The fourth-order valence-electron chi connectivity index (χ4n) is 1.16. The number of rotatable bonds is 5. The summed E-state index contributed by atoms with van der Waals surface area (Å²) in [5, 5.41) is 4.19. The molecule has 0 unspecified atom stereocenters. The largest absolute Gasteiger partial charge is 0.359 e. The number of unbranched alkanes of at least 4 members (excludes halogenated alkanes) is 3. The Morgan fingerprint density at radius 3 is 2.69 bits per heavy atom. The van der Waals surface area contributed by atoms with E-state index in [1.165, 1.54) is 19.3 Å². The van der Waals surface area contributed by atoms with Crippen LogP contribution in [0.25, 0.3) is 0 Å². The van der Waals surface area contributed by atoms with E-state index in [0.717, 1.165) is 22.2 Å². The molecule has 0 aliphatic carbocycles. The second-order valence-corrected chi connectivity index (χ2v) is 4.46. The van der Waals surface area contributed by atoms with Gasteiger partial charge in [0, 0.05) is 6.42 Å². The van der Waals surface area contributed by atoms with Crippen molar-refractivity contribution in [2.24, 2.45) is 0 Å². The lowest BCUT2D eigenvalue weighted by molar-refractivity contribution is 0.378. The van der Waals surface area contributed by atoms with Crippen molar-refractivity contribution >= 4 is 34.2 Å². The Bertz CT molecular complexity index is 262. The molecule has 0 atom stereocenters. The molecule has 0 aromatic carbocycles. The molecule has 0 radical (unpaired) electrons. The van der Waals surface area contributed by atoms with E-state index < -0.39 is 0 Å². The maximum atomic E-state index is 5.76. The van der Waals surface area contributed by atoms with Crippen LogP contribution in [0.3, 0.4) is 0 Å². The molecule has 1 aromatic rings. The first-order valence-electron chi connectivity index (χ1n) is 4.55. The Kier molecular flexibility index (Phi) is 5.09. The van der Waals surface area contributed by atoms with Crippen molar-refractivity contribution in [1.82, 2.24) is 5.16 Å². The van der Waals surface area contributed by atoms with Crippen LogP contribution in [0, 0.1) is 3.57 Å². The van der Waals surface area contributed by atoms with Crippen molar-refractivity contribution in [1.29, 1.82) is 0 Å². The fourth-order valence-corrected chi connectivity index (χ4v) is 1.76. The lowest BCUT2D eigenvalue weighted by Crippen LogP contribution is -1.85. The van der Waals surface area contributed by atoms with Gasteiger partial charge < -0.3 is 4.52 Å². The van der Waals surface area contributed by atoms with E-state index in [4.69, 9.17) is 16.1 Å². The van der Waals surface area contributed by atoms with Crippen molar-refractivity contribution in [2.45, 2.75) is 39.0 Å². The second kappa shape index (κ2) is 5.86. The van der Waals surface area contributed by atoms with Gasteiger partial charge in [-0.1, -0.05) is 42.9 Å². The van der Waals surface area contributed by atoms with Gasteiger partial charge in [-0.05, 0) is 29.0 Å². The van der Waals surface area contributed by atoms with Gasteiger partial charge in [-0.3, -0.25) is 0 Å². The van der Waals surface area contributed by atoms with Gasteiger partial charge in [0.1, 0.15) is 0 Å². The van der Waals surface area contributed by atoms with Crippen molar-refractivity contribution < 1.29 is 4.52 Å². The molecule has 0 saturated carbocycles. The van der Waals surface area contributed by atoms with Gasteiger partial charge in [-0.25, -0.2) is 0 Å². The quantitative estimate of drug-likeness (QED) is 0.605. The minimum Gasteiger partial charge on any atom is -0.359 e. The fraction of sp³-hybridized carbons (Fsp3) is 0.667. The van der Waals surface area contributed by atoms with E-state index >= 15 is 0 Å². The molecule has 0 amide bonds. The van der Waals surface area contributed by atoms with Crippen molar-refractivity contribution in [3.63, 3.8) is 0 Å².